The molecule has 1 rings (SSSR count). The van der Waals surface area contributed by atoms with Gasteiger partial charge in [0.15, 0.2) is 0 Å². The molecule has 90 valence electrons. The van der Waals surface area contributed by atoms with Gasteiger partial charge >= 0.3 is 0 Å². The van der Waals surface area contributed by atoms with E-state index >= 15 is 0 Å². The fourth-order valence-electron chi connectivity index (χ4n) is 1.37. The lowest BCUT2D eigenvalue weighted by atomic mass is 10.1. The van der Waals surface area contributed by atoms with Gasteiger partial charge in [-0.3, -0.25) is 4.79 Å². The first kappa shape index (κ1) is 13.1. The van der Waals surface area contributed by atoms with Crippen LogP contribution in [0.2, 0.25) is 0 Å². The molecule has 0 aromatic carbocycles. The predicted octanol–water partition coefficient (Wildman–Crippen LogP) is 2.03. The van der Waals surface area contributed by atoms with Crippen molar-refractivity contribution in [1.82, 2.24) is 9.97 Å². The summed E-state index contributed by atoms with van der Waals surface area (Å²) in [7, 11) is 0. The maximum Gasteiger partial charge on any atom is 0.267 e. The summed E-state index contributed by atoms with van der Waals surface area (Å²) in [6, 6.07) is 1.51. The number of allylic oxidation sites excluding steroid dienone is 4. The second kappa shape index (κ2) is 6.58. The normalized spacial score (nSPS) is 12.0. The van der Waals surface area contributed by atoms with Gasteiger partial charge in [-0.05, 0) is 19.4 Å². The summed E-state index contributed by atoms with van der Waals surface area (Å²) in [5, 5.41) is 0. The Hall–Kier alpha value is -1.97. The van der Waals surface area contributed by atoms with Gasteiger partial charge in [-0.15, -0.1) is 0 Å². The summed E-state index contributed by atoms with van der Waals surface area (Å²) in [6.07, 6.45) is 9.23. The summed E-state index contributed by atoms with van der Waals surface area (Å²) < 4.78 is 0. The highest BCUT2D eigenvalue weighted by Gasteiger charge is 2.02. The number of rotatable bonds is 5. The van der Waals surface area contributed by atoms with E-state index in [0.29, 0.717) is 12.2 Å². The molecular weight excluding hydrogens is 214 g/mol. The predicted molar refractivity (Wildman–Crippen MR) is 67.4 cm³/mol. The first-order valence-corrected chi connectivity index (χ1v) is 5.60. The minimum atomic E-state index is -0.527. The lowest BCUT2D eigenvalue weighted by Crippen LogP contribution is -2.14. The molecular formula is C13H17N3O. The number of hydrogen-bond acceptors (Lipinski definition) is 3. The third-order valence-electron chi connectivity index (χ3n) is 2.37. The van der Waals surface area contributed by atoms with Crippen molar-refractivity contribution in [2.75, 3.05) is 0 Å². The zero-order valence-corrected chi connectivity index (χ0v) is 10.2. The van der Waals surface area contributed by atoms with Crippen LogP contribution in [0.1, 0.15) is 36.6 Å². The van der Waals surface area contributed by atoms with Crippen molar-refractivity contribution in [2.24, 2.45) is 5.73 Å². The molecule has 1 aromatic rings. The van der Waals surface area contributed by atoms with Gasteiger partial charge in [0.05, 0.1) is 0 Å². The quantitative estimate of drug-likeness (QED) is 0.788. The van der Waals surface area contributed by atoms with Crippen LogP contribution in [0.3, 0.4) is 0 Å². The Kier molecular flexibility index (Phi) is 5.07. The van der Waals surface area contributed by atoms with E-state index in [-0.39, 0.29) is 5.69 Å². The van der Waals surface area contributed by atoms with Crippen LogP contribution in [-0.4, -0.2) is 15.9 Å². The molecule has 0 aliphatic rings. The molecule has 1 aromatic heterocycles. The van der Waals surface area contributed by atoms with Crippen LogP contribution >= 0.6 is 0 Å². The first-order valence-electron chi connectivity index (χ1n) is 5.60. The fourth-order valence-corrected chi connectivity index (χ4v) is 1.37. The molecule has 0 aliphatic heterocycles. The molecule has 0 spiro atoms. The number of nitrogens with zero attached hydrogens (tertiary/aromatic N) is 2. The molecule has 17 heavy (non-hydrogen) atoms. The van der Waals surface area contributed by atoms with Gasteiger partial charge in [-0.2, -0.15) is 0 Å². The van der Waals surface area contributed by atoms with Crippen molar-refractivity contribution >= 4 is 5.91 Å². The number of amides is 1. The van der Waals surface area contributed by atoms with Gasteiger partial charge in [-0.25, -0.2) is 9.97 Å². The lowest BCUT2D eigenvalue weighted by Gasteiger charge is -1.98. The molecule has 0 bridgehead atoms. The zero-order chi connectivity index (χ0) is 12.7. The fraction of sp³-hybridized carbons (Fsp3) is 0.308. The molecule has 1 heterocycles. The highest BCUT2D eigenvalue weighted by Crippen LogP contribution is 2.03. The number of hydrogen-bond donors (Lipinski definition) is 1. The summed E-state index contributed by atoms with van der Waals surface area (Å²) in [4.78, 5) is 19.1. The van der Waals surface area contributed by atoms with Gasteiger partial charge in [0.1, 0.15) is 11.5 Å². The number of primary amides is 1. The molecule has 0 atom stereocenters. The Labute approximate surface area is 101 Å². The maximum absolute atomic E-state index is 10.9. The highest BCUT2D eigenvalue weighted by molar-refractivity contribution is 5.90. The van der Waals surface area contributed by atoms with Crippen molar-refractivity contribution in [3.05, 3.63) is 47.6 Å². The van der Waals surface area contributed by atoms with E-state index in [1.807, 2.05) is 19.1 Å². The number of nitrogens with two attached hydrogens (primary N) is 1. The molecule has 0 radical (unpaired) electrons. The SMILES string of the molecule is C/C=C(/C=C/Cc1nccc(C(N)=O)n1)CC. The van der Waals surface area contributed by atoms with Crippen molar-refractivity contribution in [3.8, 4) is 0 Å². The molecule has 0 aliphatic carbocycles. The second-order valence-corrected chi connectivity index (χ2v) is 3.55. The minimum Gasteiger partial charge on any atom is -0.364 e. The van der Waals surface area contributed by atoms with Gasteiger partial charge in [0, 0.05) is 12.6 Å². The maximum atomic E-state index is 10.9. The topological polar surface area (TPSA) is 68.9 Å². The van der Waals surface area contributed by atoms with Crippen LogP contribution < -0.4 is 5.73 Å². The van der Waals surface area contributed by atoms with E-state index in [1.54, 1.807) is 6.20 Å². The van der Waals surface area contributed by atoms with Crippen LogP contribution in [0.25, 0.3) is 0 Å². The molecule has 2 N–H and O–H groups in total. The average molecular weight is 231 g/mol. The molecule has 4 nitrogen and oxygen atoms in total. The van der Waals surface area contributed by atoms with E-state index < -0.39 is 5.91 Å². The van der Waals surface area contributed by atoms with E-state index in [2.05, 4.69) is 23.0 Å². The van der Waals surface area contributed by atoms with Gasteiger partial charge < -0.3 is 5.73 Å². The molecule has 4 heteroatoms. The monoisotopic (exact) mass is 231 g/mol. The van der Waals surface area contributed by atoms with E-state index in [9.17, 15) is 4.79 Å². The third kappa shape index (κ3) is 4.18. The smallest absolute Gasteiger partial charge is 0.267 e. The number of aromatic nitrogens is 2. The summed E-state index contributed by atoms with van der Waals surface area (Å²) in [6.45, 7) is 4.11. The summed E-state index contributed by atoms with van der Waals surface area (Å²) in [5.41, 5.74) is 6.66. The van der Waals surface area contributed by atoms with Crippen molar-refractivity contribution in [1.29, 1.82) is 0 Å². The Balaban J connectivity index is 2.69. The summed E-state index contributed by atoms with van der Waals surface area (Å²) in [5.74, 6) is 0.0736. The van der Waals surface area contributed by atoms with Crippen LogP contribution in [0.4, 0.5) is 0 Å². The Morgan fingerprint density at radius 1 is 1.53 bits per heavy atom. The third-order valence-corrected chi connectivity index (χ3v) is 2.37. The van der Waals surface area contributed by atoms with E-state index in [4.69, 9.17) is 5.73 Å². The first-order chi connectivity index (χ1) is 8.17. The molecule has 1 amide bonds. The largest absolute Gasteiger partial charge is 0.364 e. The number of carbonyl (C=O) groups is 1. The van der Waals surface area contributed by atoms with Crippen molar-refractivity contribution < 1.29 is 4.79 Å². The van der Waals surface area contributed by atoms with Gasteiger partial charge in [-0.1, -0.05) is 30.7 Å². The van der Waals surface area contributed by atoms with Crippen molar-refractivity contribution in [2.45, 2.75) is 26.7 Å². The van der Waals surface area contributed by atoms with E-state index in [0.717, 1.165) is 6.42 Å². The molecule has 0 unspecified atom stereocenters. The van der Waals surface area contributed by atoms with E-state index in [1.165, 1.54) is 11.6 Å². The number of carbonyl (C=O) groups excluding carboxylic acids is 1. The zero-order valence-electron chi connectivity index (χ0n) is 10.2. The standard InChI is InChI=1S/C13H17N3O/c1-3-10(4-2)6-5-7-12-15-9-8-11(16-12)13(14)17/h3,5-6,8-9H,4,7H2,1-2H3,(H2,14,17)/b6-5+,10-3+. The van der Waals surface area contributed by atoms with Gasteiger partial charge in [0.2, 0.25) is 0 Å². The minimum absolute atomic E-state index is 0.255. The van der Waals surface area contributed by atoms with Crippen LogP contribution in [0.15, 0.2) is 36.1 Å². The highest BCUT2D eigenvalue weighted by atomic mass is 16.1. The van der Waals surface area contributed by atoms with Crippen LogP contribution in [-0.2, 0) is 6.42 Å². The van der Waals surface area contributed by atoms with Crippen molar-refractivity contribution in [3.63, 3.8) is 0 Å². The molecule has 0 saturated carbocycles. The summed E-state index contributed by atoms with van der Waals surface area (Å²) >= 11 is 0. The molecule has 0 saturated heterocycles. The Bertz CT molecular complexity index is 450. The molecule has 0 fully saturated rings. The Morgan fingerprint density at radius 3 is 2.88 bits per heavy atom. The second-order valence-electron chi connectivity index (χ2n) is 3.55. The van der Waals surface area contributed by atoms with Gasteiger partial charge in [0.25, 0.3) is 5.91 Å². The van der Waals surface area contributed by atoms with Crippen LogP contribution in [0.5, 0.6) is 0 Å². The lowest BCUT2D eigenvalue weighted by molar-refractivity contribution is 0.0995. The Morgan fingerprint density at radius 2 is 2.29 bits per heavy atom. The average Bonchev–Trinajstić information content (AvgIpc) is 2.35. The van der Waals surface area contributed by atoms with Crippen LogP contribution in [0, 0.1) is 0 Å².